The van der Waals surface area contributed by atoms with Crippen LogP contribution in [0.3, 0.4) is 0 Å². The number of ether oxygens (including phenoxy) is 2. The minimum atomic E-state index is -0.194. The summed E-state index contributed by atoms with van der Waals surface area (Å²) in [6, 6.07) is 10.1. The van der Waals surface area contributed by atoms with Crippen LogP contribution in [0.1, 0.15) is 45.1 Å². The molecule has 1 aromatic carbocycles. The molecular weight excluding hydrogens is 350 g/mol. The average Bonchev–Trinajstić information content (AvgIpc) is 3.26. The molecule has 2 aromatic rings. The molecule has 0 unspecified atom stereocenters. The fraction of sp³-hybridized carbons (Fsp3) is 0.417. The number of pyridine rings is 1. The Hall–Kier alpha value is -2.46. The van der Waals surface area contributed by atoms with Gasteiger partial charge in [-0.05, 0) is 69.4 Å². The van der Waals surface area contributed by atoms with Crippen LogP contribution in [-0.4, -0.2) is 28.8 Å². The van der Waals surface area contributed by atoms with Gasteiger partial charge in [-0.2, -0.15) is 0 Å². The van der Waals surface area contributed by atoms with Gasteiger partial charge in [0.2, 0.25) is 0 Å². The summed E-state index contributed by atoms with van der Waals surface area (Å²) in [5, 5.41) is 1.07. The minimum absolute atomic E-state index is 0.0139. The summed E-state index contributed by atoms with van der Waals surface area (Å²) in [6.45, 7) is 4.33. The van der Waals surface area contributed by atoms with Crippen LogP contribution in [0.15, 0.2) is 53.8 Å². The van der Waals surface area contributed by atoms with Crippen molar-refractivity contribution in [1.82, 2.24) is 4.98 Å². The summed E-state index contributed by atoms with van der Waals surface area (Å²) in [5.41, 5.74) is 3.97. The number of benzene rings is 1. The van der Waals surface area contributed by atoms with Crippen molar-refractivity contribution < 1.29 is 14.3 Å². The average molecular weight is 375 g/mol. The van der Waals surface area contributed by atoms with E-state index in [9.17, 15) is 4.79 Å². The van der Waals surface area contributed by atoms with Crippen LogP contribution in [0.4, 0.5) is 0 Å². The maximum absolute atomic E-state index is 12.8. The van der Waals surface area contributed by atoms with E-state index in [1.165, 1.54) is 5.57 Å². The lowest BCUT2D eigenvalue weighted by Crippen LogP contribution is -2.28. The van der Waals surface area contributed by atoms with Crippen molar-refractivity contribution in [2.24, 2.45) is 5.92 Å². The van der Waals surface area contributed by atoms with Crippen molar-refractivity contribution in [3.63, 3.8) is 0 Å². The molecule has 3 aliphatic rings. The third-order valence-corrected chi connectivity index (χ3v) is 6.45. The van der Waals surface area contributed by atoms with Crippen LogP contribution >= 0.6 is 0 Å². The Morgan fingerprint density at radius 1 is 1.29 bits per heavy atom. The van der Waals surface area contributed by atoms with Crippen molar-refractivity contribution in [2.75, 3.05) is 0 Å². The number of epoxide rings is 1. The minimum Gasteiger partial charge on any atom is -0.455 e. The molecule has 0 radical (unpaired) electrons. The van der Waals surface area contributed by atoms with Crippen LogP contribution < -0.4 is 0 Å². The molecule has 0 bridgehead atoms. The molecule has 2 fully saturated rings. The SMILES string of the molecule is C/C1=C\CC[C@@]2(C)O[C@H]2[C@H]2OC(=O)/C(=C\c3ccc4ncccc4c3)[C@@H]2CC1. The maximum atomic E-state index is 12.8. The summed E-state index contributed by atoms with van der Waals surface area (Å²) < 4.78 is 11.9. The first-order valence-corrected chi connectivity index (χ1v) is 10.1. The second-order valence-electron chi connectivity index (χ2n) is 8.51. The molecule has 4 nitrogen and oxygen atoms in total. The fourth-order valence-corrected chi connectivity index (χ4v) is 4.69. The van der Waals surface area contributed by atoms with Gasteiger partial charge in [0.15, 0.2) is 0 Å². The van der Waals surface area contributed by atoms with Crippen molar-refractivity contribution in [3.05, 3.63) is 59.3 Å². The topological polar surface area (TPSA) is 51.7 Å². The molecule has 4 heteroatoms. The molecule has 3 heterocycles. The lowest BCUT2D eigenvalue weighted by Gasteiger charge is -2.19. The van der Waals surface area contributed by atoms with Crippen molar-refractivity contribution in [1.29, 1.82) is 0 Å². The van der Waals surface area contributed by atoms with Gasteiger partial charge in [-0.15, -0.1) is 0 Å². The predicted octanol–water partition coefficient (Wildman–Crippen LogP) is 4.84. The summed E-state index contributed by atoms with van der Waals surface area (Å²) in [6.07, 6.45) is 9.87. The third-order valence-electron chi connectivity index (χ3n) is 6.45. The van der Waals surface area contributed by atoms with Gasteiger partial charge in [0, 0.05) is 23.1 Å². The van der Waals surface area contributed by atoms with E-state index in [-0.39, 0.29) is 29.7 Å². The zero-order chi connectivity index (χ0) is 19.3. The predicted molar refractivity (Wildman–Crippen MR) is 109 cm³/mol. The molecule has 0 spiro atoms. The van der Waals surface area contributed by atoms with Gasteiger partial charge in [0.05, 0.1) is 11.1 Å². The van der Waals surface area contributed by atoms with E-state index in [4.69, 9.17) is 9.47 Å². The number of fused-ring (bicyclic) bond motifs is 4. The molecule has 1 aliphatic carbocycles. The van der Waals surface area contributed by atoms with Crippen molar-refractivity contribution in [3.8, 4) is 0 Å². The summed E-state index contributed by atoms with van der Waals surface area (Å²) in [5.74, 6) is -0.120. The van der Waals surface area contributed by atoms with Gasteiger partial charge in [-0.25, -0.2) is 4.79 Å². The monoisotopic (exact) mass is 375 g/mol. The van der Waals surface area contributed by atoms with Gasteiger partial charge in [-0.3, -0.25) is 4.98 Å². The second kappa shape index (κ2) is 6.56. The van der Waals surface area contributed by atoms with Crippen LogP contribution in [0, 0.1) is 5.92 Å². The molecule has 0 N–H and O–H groups in total. The first kappa shape index (κ1) is 17.6. The Morgan fingerprint density at radius 3 is 3.07 bits per heavy atom. The quantitative estimate of drug-likeness (QED) is 0.310. The first-order valence-electron chi connectivity index (χ1n) is 10.1. The number of rotatable bonds is 1. The van der Waals surface area contributed by atoms with Crippen molar-refractivity contribution in [2.45, 2.75) is 57.3 Å². The number of carbonyl (C=O) groups is 1. The molecule has 1 aromatic heterocycles. The van der Waals surface area contributed by atoms with Gasteiger partial charge < -0.3 is 9.47 Å². The standard InChI is InChI=1S/C24H25NO3/c1-15-5-3-11-24(2)22(28-24)21-18(9-7-15)19(23(26)27-21)14-16-8-10-20-17(13-16)6-4-12-25-20/h4-6,8,10,12-14,18,21-22H,3,7,9,11H2,1-2H3/b15-5+,19-14-/t18-,21-,22-,24+/m0/s1. The molecule has 5 rings (SSSR count). The lowest BCUT2D eigenvalue weighted by atomic mass is 9.83. The number of aromatic nitrogens is 1. The van der Waals surface area contributed by atoms with E-state index in [0.29, 0.717) is 0 Å². The van der Waals surface area contributed by atoms with E-state index < -0.39 is 0 Å². The van der Waals surface area contributed by atoms with Gasteiger partial charge in [-0.1, -0.05) is 23.8 Å². The van der Waals surface area contributed by atoms with Gasteiger partial charge in [0.1, 0.15) is 12.2 Å². The van der Waals surface area contributed by atoms with Crippen LogP contribution in [0.5, 0.6) is 0 Å². The highest BCUT2D eigenvalue weighted by molar-refractivity contribution is 5.97. The Balaban J connectivity index is 1.51. The van der Waals surface area contributed by atoms with E-state index in [2.05, 4.69) is 31.0 Å². The molecule has 0 saturated carbocycles. The summed E-state index contributed by atoms with van der Waals surface area (Å²) >= 11 is 0. The maximum Gasteiger partial charge on any atom is 0.334 e. The summed E-state index contributed by atoms with van der Waals surface area (Å²) in [4.78, 5) is 17.2. The van der Waals surface area contributed by atoms with E-state index in [1.807, 2.05) is 30.3 Å². The third kappa shape index (κ3) is 3.06. The second-order valence-corrected chi connectivity index (χ2v) is 8.51. The molecule has 144 valence electrons. The largest absolute Gasteiger partial charge is 0.455 e. The zero-order valence-electron chi connectivity index (χ0n) is 16.4. The number of allylic oxidation sites excluding steroid dienone is 2. The Bertz CT molecular complexity index is 1010. The molecule has 28 heavy (non-hydrogen) atoms. The molecular formula is C24H25NO3. The number of carbonyl (C=O) groups excluding carboxylic acids is 1. The smallest absolute Gasteiger partial charge is 0.334 e. The number of nitrogens with zero attached hydrogens (tertiary/aromatic N) is 1. The first-order chi connectivity index (χ1) is 13.5. The molecule has 2 aliphatic heterocycles. The Kier molecular flexibility index (Phi) is 4.13. The molecule has 4 atom stereocenters. The van der Waals surface area contributed by atoms with Crippen LogP contribution in [0.25, 0.3) is 17.0 Å². The zero-order valence-corrected chi connectivity index (χ0v) is 16.4. The normalized spacial score (nSPS) is 35.6. The van der Waals surface area contributed by atoms with E-state index in [0.717, 1.165) is 47.7 Å². The van der Waals surface area contributed by atoms with Gasteiger partial charge >= 0.3 is 5.97 Å². The van der Waals surface area contributed by atoms with E-state index in [1.54, 1.807) is 6.20 Å². The van der Waals surface area contributed by atoms with E-state index >= 15 is 0 Å². The molecule has 0 amide bonds. The highest BCUT2D eigenvalue weighted by Crippen LogP contribution is 2.50. The number of esters is 1. The van der Waals surface area contributed by atoms with Crippen LogP contribution in [0.2, 0.25) is 0 Å². The number of hydrogen-bond acceptors (Lipinski definition) is 4. The fourth-order valence-electron chi connectivity index (χ4n) is 4.69. The Labute approximate surface area is 165 Å². The van der Waals surface area contributed by atoms with Gasteiger partial charge in [0.25, 0.3) is 0 Å². The highest BCUT2D eigenvalue weighted by atomic mass is 16.6. The lowest BCUT2D eigenvalue weighted by molar-refractivity contribution is -0.139. The highest BCUT2D eigenvalue weighted by Gasteiger charge is 2.61. The Morgan fingerprint density at radius 2 is 2.18 bits per heavy atom. The van der Waals surface area contributed by atoms with Crippen LogP contribution in [-0.2, 0) is 14.3 Å². The molecule has 2 saturated heterocycles. The van der Waals surface area contributed by atoms with Crippen molar-refractivity contribution >= 4 is 22.9 Å². The summed E-state index contributed by atoms with van der Waals surface area (Å²) in [7, 11) is 0. The number of hydrogen-bond donors (Lipinski definition) is 0.